The molecule has 0 spiro atoms. The molecule has 0 saturated carbocycles. The number of hydrogen-bond donors (Lipinski definition) is 3. The van der Waals surface area contributed by atoms with Gasteiger partial charge in [-0.25, -0.2) is 8.78 Å². The number of carbonyl (C=O) groups is 3. The normalized spacial score (nSPS) is 17.5. The number of carbonyl (C=O) groups excluding carboxylic acids is 3. The van der Waals surface area contributed by atoms with E-state index in [0.717, 1.165) is 29.3 Å². The van der Waals surface area contributed by atoms with Gasteiger partial charge < -0.3 is 20.6 Å². The number of aliphatic hydroxyl groups is 1. The maximum Gasteiger partial charge on any atom is 0.254 e. The molecule has 0 unspecified atom stereocenters. The lowest BCUT2D eigenvalue weighted by molar-refractivity contribution is -0.147. The SMILES string of the molecule is Cc1ccccc1CNC(=O)[C@H]1N(C(=O)[C@@H](O)[C@H](Cc2ccccc2)NC(=O)c2cc(F)ccc2F)CSC1(C)C. The number of hydrogen-bond acceptors (Lipinski definition) is 5. The summed E-state index contributed by atoms with van der Waals surface area (Å²) >= 11 is 1.40. The van der Waals surface area contributed by atoms with Crippen LogP contribution in [0.2, 0.25) is 0 Å². The average molecular weight is 582 g/mol. The van der Waals surface area contributed by atoms with Crippen molar-refractivity contribution in [3.8, 4) is 0 Å². The third-order valence-electron chi connectivity index (χ3n) is 7.21. The van der Waals surface area contributed by atoms with E-state index >= 15 is 0 Å². The summed E-state index contributed by atoms with van der Waals surface area (Å²) in [7, 11) is 0. The van der Waals surface area contributed by atoms with Crippen LogP contribution in [0.15, 0.2) is 72.8 Å². The first-order valence-corrected chi connectivity index (χ1v) is 14.2. The van der Waals surface area contributed by atoms with Crippen LogP contribution in [0, 0.1) is 18.6 Å². The number of rotatable bonds is 9. The Kier molecular flexibility index (Phi) is 9.45. The minimum Gasteiger partial charge on any atom is -0.381 e. The molecule has 10 heteroatoms. The van der Waals surface area contributed by atoms with Crippen molar-refractivity contribution >= 4 is 29.5 Å². The lowest BCUT2D eigenvalue weighted by Crippen LogP contribution is -2.58. The molecule has 41 heavy (non-hydrogen) atoms. The van der Waals surface area contributed by atoms with Crippen LogP contribution in [0.25, 0.3) is 0 Å². The zero-order valence-corrected chi connectivity index (χ0v) is 23.9. The van der Waals surface area contributed by atoms with E-state index in [9.17, 15) is 28.3 Å². The molecular weight excluding hydrogens is 548 g/mol. The highest BCUT2D eigenvalue weighted by atomic mass is 32.2. The van der Waals surface area contributed by atoms with E-state index < -0.39 is 51.9 Å². The van der Waals surface area contributed by atoms with Gasteiger partial charge >= 0.3 is 0 Å². The van der Waals surface area contributed by atoms with Gasteiger partial charge in [0.15, 0.2) is 6.10 Å². The molecule has 1 saturated heterocycles. The zero-order valence-electron chi connectivity index (χ0n) is 23.1. The molecule has 4 rings (SSSR count). The standard InChI is InChI=1S/C31H33F2N3O4S/c1-19-9-7-8-12-21(19)17-34-29(39)27-31(2,3)41-18-36(27)30(40)26(37)25(15-20-10-5-4-6-11-20)35-28(38)23-16-22(32)13-14-24(23)33/h4-14,16,25-27,37H,15,17-18H2,1-3H3,(H,34,39)(H,35,38)/t25-,26-,27+/m0/s1. The Hall–Kier alpha value is -3.76. The molecule has 0 bridgehead atoms. The fourth-order valence-corrected chi connectivity index (χ4v) is 6.01. The molecule has 3 N–H and O–H groups in total. The highest BCUT2D eigenvalue weighted by molar-refractivity contribution is 8.00. The van der Waals surface area contributed by atoms with Crippen LogP contribution in [-0.4, -0.2) is 56.5 Å². The van der Waals surface area contributed by atoms with Gasteiger partial charge in [0.25, 0.3) is 11.8 Å². The van der Waals surface area contributed by atoms with Gasteiger partial charge in [-0.05, 0) is 62.1 Å². The largest absolute Gasteiger partial charge is 0.381 e. The molecule has 1 fully saturated rings. The quantitative estimate of drug-likeness (QED) is 0.355. The third-order valence-corrected chi connectivity index (χ3v) is 8.59. The van der Waals surface area contributed by atoms with Crippen molar-refractivity contribution in [3.63, 3.8) is 0 Å². The van der Waals surface area contributed by atoms with E-state index in [2.05, 4.69) is 10.6 Å². The number of nitrogens with zero attached hydrogens (tertiary/aromatic N) is 1. The summed E-state index contributed by atoms with van der Waals surface area (Å²) in [5, 5.41) is 16.8. The van der Waals surface area contributed by atoms with Gasteiger partial charge in [-0.1, -0.05) is 54.6 Å². The van der Waals surface area contributed by atoms with Crippen molar-refractivity contribution in [2.75, 3.05) is 5.88 Å². The molecule has 0 radical (unpaired) electrons. The molecular formula is C31H33F2N3O4S. The molecule has 3 amide bonds. The summed E-state index contributed by atoms with van der Waals surface area (Å²) in [6.07, 6.45) is -1.73. The molecule has 3 aromatic carbocycles. The minimum absolute atomic E-state index is 0.0327. The summed E-state index contributed by atoms with van der Waals surface area (Å²) in [5.41, 5.74) is 2.12. The topological polar surface area (TPSA) is 98.7 Å². The van der Waals surface area contributed by atoms with Gasteiger partial charge in [-0.2, -0.15) is 0 Å². The van der Waals surface area contributed by atoms with Gasteiger partial charge in [-0.3, -0.25) is 14.4 Å². The van der Waals surface area contributed by atoms with Crippen molar-refractivity contribution in [2.45, 2.75) is 56.7 Å². The van der Waals surface area contributed by atoms with Crippen LogP contribution in [-0.2, 0) is 22.6 Å². The second kappa shape index (κ2) is 12.8. The fourth-order valence-electron chi connectivity index (χ4n) is 4.87. The Labute approximate surface area is 242 Å². The molecule has 1 heterocycles. The molecule has 0 aromatic heterocycles. The number of thioether (sulfide) groups is 1. The van der Waals surface area contributed by atoms with E-state index in [0.29, 0.717) is 5.56 Å². The van der Waals surface area contributed by atoms with Crippen molar-refractivity contribution in [3.05, 3.63) is 107 Å². The summed E-state index contributed by atoms with van der Waals surface area (Å²) in [4.78, 5) is 41.5. The van der Waals surface area contributed by atoms with Crippen LogP contribution < -0.4 is 10.6 Å². The van der Waals surface area contributed by atoms with Gasteiger partial charge in [0.2, 0.25) is 5.91 Å². The van der Waals surface area contributed by atoms with Gasteiger partial charge in [-0.15, -0.1) is 11.8 Å². The number of aryl methyl sites for hydroxylation is 1. The number of halogens is 2. The molecule has 1 aliphatic rings. The number of aliphatic hydroxyl groups excluding tert-OH is 1. The van der Waals surface area contributed by atoms with Crippen LogP contribution in [0.4, 0.5) is 8.78 Å². The second-order valence-corrected chi connectivity index (χ2v) is 12.2. The Morgan fingerprint density at radius 3 is 2.44 bits per heavy atom. The highest BCUT2D eigenvalue weighted by Gasteiger charge is 2.49. The first kappa shape index (κ1) is 30.2. The average Bonchev–Trinajstić information content (AvgIpc) is 3.27. The molecule has 1 aliphatic heterocycles. The smallest absolute Gasteiger partial charge is 0.254 e. The van der Waals surface area contributed by atoms with Crippen molar-refractivity contribution in [1.29, 1.82) is 0 Å². The summed E-state index contributed by atoms with van der Waals surface area (Å²) in [6.45, 7) is 5.93. The van der Waals surface area contributed by atoms with Crippen molar-refractivity contribution in [2.24, 2.45) is 0 Å². The predicted octanol–water partition coefficient (Wildman–Crippen LogP) is 3.97. The molecule has 3 aromatic rings. The summed E-state index contributed by atoms with van der Waals surface area (Å²) < 4.78 is 27.4. The number of nitrogens with one attached hydrogen (secondary N) is 2. The molecule has 216 valence electrons. The Morgan fingerprint density at radius 2 is 1.73 bits per heavy atom. The minimum atomic E-state index is -1.77. The Bertz CT molecular complexity index is 1420. The molecule has 3 atom stereocenters. The lowest BCUT2D eigenvalue weighted by atomic mass is 9.96. The van der Waals surface area contributed by atoms with Crippen molar-refractivity contribution in [1.82, 2.24) is 15.5 Å². The third kappa shape index (κ3) is 7.12. The number of benzene rings is 3. The monoisotopic (exact) mass is 581 g/mol. The van der Waals surface area contributed by atoms with Gasteiger partial charge in [0, 0.05) is 11.3 Å². The van der Waals surface area contributed by atoms with Gasteiger partial charge in [0.05, 0.1) is 17.5 Å². The Morgan fingerprint density at radius 1 is 1.05 bits per heavy atom. The first-order valence-electron chi connectivity index (χ1n) is 13.2. The maximum absolute atomic E-state index is 14.3. The summed E-state index contributed by atoms with van der Waals surface area (Å²) in [5.74, 6) is -3.68. The zero-order chi connectivity index (χ0) is 29.7. The molecule has 7 nitrogen and oxygen atoms in total. The maximum atomic E-state index is 14.3. The lowest BCUT2D eigenvalue weighted by Gasteiger charge is -2.33. The van der Waals surface area contributed by atoms with E-state index in [4.69, 9.17) is 0 Å². The summed E-state index contributed by atoms with van der Waals surface area (Å²) in [6, 6.07) is 16.9. The highest BCUT2D eigenvalue weighted by Crippen LogP contribution is 2.40. The molecule has 0 aliphatic carbocycles. The van der Waals surface area contributed by atoms with E-state index in [1.54, 1.807) is 30.3 Å². The fraction of sp³-hybridized carbons (Fsp3) is 0.323. The van der Waals surface area contributed by atoms with Crippen LogP contribution in [0.1, 0.15) is 40.9 Å². The van der Waals surface area contributed by atoms with Gasteiger partial charge in [0.1, 0.15) is 17.7 Å². The van der Waals surface area contributed by atoms with Crippen LogP contribution >= 0.6 is 11.8 Å². The van der Waals surface area contributed by atoms with E-state index in [1.807, 2.05) is 45.0 Å². The first-order chi connectivity index (χ1) is 19.5. The van der Waals surface area contributed by atoms with E-state index in [-0.39, 0.29) is 24.7 Å². The Balaban J connectivity index is 1.56. The van der Waals surface area contributed by atoms with Crippen molar-refractivity contribution < 1.29 is 28.3 Å². The second-order valence-electron chi connectivity index (χ2n) is 10.6. The van der Waals surface area contributed by atoms with Crippen LogP contribution in [0.5, 0.6) is 0 Å². The van der Waals surface area contributed by atoms with E-state index in [1.165, 1.54) is 16.7 Å². The van der Waals surface area contributed by atoms with Crippen LogP contribution in [0.3, 0.4) is 0 Å². The number of amides is 3. The predicted molar refractivity (Wildman–Crippen MR) is 154 cm³/mol.